The number of fused-ring (bicyclic) bond motifs is 3. The molecule has 8 nitrogen and oxygen atoms in total. The fourth-order valence-corrected chi connectivity index (χ4v) is 8.91. The van der Waals surface area contributed by atoms with Gasteiger partial charge in [0.15, 0.2) is 4.90 Å². The van der Waals surface area contributed by atoms with Gasteiger partial charge in [-0.05, 0) is 43.7 Å². The molecule has 2 atom stereocenters. The SMILES string of the molecule is CCc1cc2c(s1)CCO[C@@]21CCN(CC2CN(S(=O)(=O)c3cnn4c3OCCC4)C2)[C@@H](C)C1. The fraction of sp³-hybridized carbons (Fsp3) is 0.708. The van der Waals surface area contributed by atoms with Crippen LogP contribution in [0.4, 0.5) is 0 Å². The second kappa shape index (κ2) is 8.58. The van der Waals surface area contributed by atoms with Gasteiger partial charge in [-0.2, -0.15) is 9.40 Å². The smallest absolute Gasteiger partial charge is 0.250 e. The van der Waals surface area contributed by atoms with Crippen molar-refractivity contribution in [3.05, 3.63) is 27.6 Å². The Morgan fingerprint density at radius 1 is 1.26 bits per heavy atom. The van der Waals surface area contributed by atoms with E-state index in [-0.39, 0.29) is 10.5 Å². The second-order valence-electron chi connectivity index (χ2n) is 10.2. The van der Waals surface area contributed by atoms with E-state index < -0.39 is 10.0 Å². The average molecular weight is 507 g/mol. The average Bonchev–Trinajstić information content (AvgIpc) is 3.42. The van der Waals surface area contributed by atoms with Crippen LogP contribution in [0.1, 0.15) is 48.4 Å². The molecule has 0 aromatic carbocycles. The Hall–Kier alpha value is -1.46. The van der Waals surface area contributed by atoms with E-state index in [9.17, 15) is 8.42 Å². The zero-order valence-electron chi connectivity index (χ0n) is 20.0. The van der Waals surface area contributed by atoms with Crippen LogP contribution < -0.4 is 4.74 Å². The highest BCUT2D eigenvalue weighted by Gasteiger charge is 2.46. The molecule has 0 saturated carbocycles. The molecule has 2 aromatic rings. The van der Waals surface area contributed by atoms with E-state index in [4.69, 9.17) is 9.47 Å². The maximum atomic E-state index is 13.2. The topological polar surface area (TPSA) is 76.9 Å². The van der Waals surface area contributed by atoms with E-state index >= 15 is 0 Å². The molecule has 0 amide bonds. The summed E-state index contributed by atoms with van der Waals surface area (Å²) in [6.07, 6.45) is 6.45. The van der Waals surface area contributed by atoms with Crippen LogP contribution in [-0.4, -0.2) is 72.8 Å². The van der Waals surface area contributed by atoms with Crippen molar-refractivity contribution in [1.29, 1.82) is 0 Å². The molecular formula is C24H34N4O4S2. The minimum Gasteiger partial charge on any atom is -0.477 e. The summed E-state index contributed by atoms with van der Waals surface area (Å²) in [6.45, 7) is 9.65. The van der Waals surface area contributed by atoms with Crippen molar-refractivity contribution >= 4 is 21.4 Å². The van der Waals surface area contributed by atoms with Crippen LogP contribution in [0.2, 0.25) is 0 Å². The van der Waals surface area contributed by atoms with Crippen molar-refractivity contribution in [3.8, 4) is 5.88 Å². The number of piperidine rings is 1. The molecule has 4 aliphatic heterocycles. The number of ether oxygens (including phenoxy) is 2. The highest BCUT2D eigenvalue weighted by molar-refractivity contribution is 7.89. The first-order chi connectivity index (χ1) is 16.4. The minimum absolute atomic E-state index is 0.135. The van der Waals surface area contributed by atoms with Crippen LogP contribution in [-0.2, 0) is 39.7 Å². The first-order valence-corrected chi connectivity index (χ1v) is 14.8. The Bertz CT molecular complexity index is 1170. The minimum atomic E-state index is -3.56. The van der Waals surface area contributed by atoms with Crippen molar-refractivity contribution < 1.29 is 17.9 Å². The molecule has 0 N–H and O–H groups in total. The predicted octanol–water partition coefficient (Wildman–Crippen LogP) is 2.86. The quantitative estimate of drug-likeness (QED) is 0.621. The largest absolute Gasteiger partial charge is 0.477 e. The lowest BCUT2D eigenvalue weighted by Crippen LogP contribution is -2.57. The van der Waals surface area contributed by atoms with Crippen LogP contribution in [0.5, 0.6) is 5.88 Å². The number of nitrogens with zero attached hydrogens (tertiary/aromatic N) is 4. The van der Waals surface area contributed by atoms with Crippen molar-refractivity contribution in [2.75, 3.05) is 39.4 Å². The summed E-state index contributed by atoms with van der Waals surface area (Å²) in [7, 11) is -3.56. The summed E-state index contributed by atoms with van der Waals surface area (Å²) in [5.41, 5.74) is 1.31. The van der Waals surface area contributed by atoms with Crippen LogP contribution in [0.25, 0.3) is 0 Å². The van der Waals surface area contributed by atoms with Gasteiger partial charge in [0, 0.05) is 61.4 Å². The molecule has 6 heterocycles. The summed E-state index contributed by atoms with van der Waals surface area (Å²) < 4.78 is 41.7. The molecule has 0 aliphatic carbocycles. The van der Waals surface area contributed by atoms with E-state index in [0.717, 1.165) is 51.8 Å². The Kier molecular flexibility index (Phi) is 5.80. The Balaban J connectivity index is 1.08. The lowest BCUT2D eigenvalue weighted by Gasteiger charge is -2.49. The highest BCUT2D eigenvalue weighted by Crippen LogP contribution is 2.46. The number of hydrogen-bond donors (Lipinski definition) is 0. The van der Waals surface area contributed by atoms with E-state index in [1.165, 1.54) is 21.5 Å². The van der Waals surface area contributed by atoms with Gasteiger partial charge >= 0.3 is 0 Å². The third-order valence-electron chi connectivity index (χ3n) is 8.00. The van der Waals surface area contributed by atoms with Crippen molar-refractivity contribution in [3.63, 3.8) is 0 Å². The van der Waals surface area contributed by atoms with Gasteiger partial charge in [0.25, 0.3) is 0 Å². The molecule has 2 saturated heterocycles. The molecule has 0 radical (unpaired) electrons. The van der Waals surface area contributed by atoms with Gasteiger partial charge < -0.3 is 14.4 Å². The molecule has 34 heavy (non-hydrogen) atoms. The van der Waals surface area contributed by atoms with Crippen LogP contribution in [0.15, 0.2) is 17.2 Å². The summed E-state index contributed by atoms with van der Waals surface area (Å²) in [4.78, 5) is 5.74. The molecule has 6 rings (SSSR count). The molecule has 0 bridgehead atoms. The van der Waals surface area contributed by atoms with Gasteiger partial charge in [-0.3, -0.25) is 0 Å². The molecule has 1 spiro atoms. The van der Waals surface area contributed by atoms with Crippen LogP contribution in [0.3, 0.4) is 0 Å². The van der Waals surface area contributed by atoms with Gasteiger partial charge in [0.1, 0.15) is 0 Å². The first kappa shape index (κ1) is 23.0. The van der Waals surface area contributed by atoms with E-state index in [0.29, 0.717) is 44.1 Å². The van der Waals surface area contributed by atoms with Crippen LogP contribution >= 0.6 is 11.3 Å². The van der Waals surface area contributed by atoms with Gasteiger partial charge in [-0.1, -0.05) is 6.92 Å². The molecule has 10 heteroatoms. The number of sulfonamides is 1. The maximum Gasteiger partial charge on any atom is 0.250 e. The third kappa shape index (κ3) is 3.73. The van der Waals surface area contributed by atoms with Crippen LogP contribution in [0, 0.1) is 5.92 Å². The first-order valence-electron chi connectivity index (χ1n) is 12.6. The fourth-order valence-electron chi connectivity index (χ4n) is 6.07. The summed E-state index contributed by atoms with van der Waals surface area (Å²) >= 11 is 1.97. The van der Waals surface area contributed by atoms with Crippen molar-refractivity contribution in [2.45, 2.75) is 69.0 Å². The van der Waals surface area contributed by atoms with Gasteiger partial charge in [0.05, 0.1) is 25.0 Å². The summed E-state index contributed by atoms with van der Waals surface area (Å²) in [5, 5.41) is 4.22. The third-order valence-corrected chi connectivity index (χ3v) is 11.2. The maximum absolute atomic E-state index is 13.2. The standard InChI is InChI=1S/C24H34N4O4S2/c1-3-19-11-20-21(33-19)5-10-32-24(20)6-8-26(17(2)12-24)14-18-15-27(16-18)34(29,30)22-13-25-28-7-4-9-31-23(22)28/h11,13,17-18H,3-10,12,14-16H2,1-2H3/t17-,24+/m0/s1. The zero-order valence-corrected chi connectivity index (χ0v) is 21.7. The monoisotopic (exact) mass is 506 g/mol. The number of likely N-dealkylation sites (tertiary alicyclic amines) is 1. The molecule has 0 unspecified atom stereocenters. The summed E-state index contributed by atoms with van der Waals surface area (Å²) in [6, 6.07) is 2.81. The second-order valence-corrected chi connectivity index (χ2v) is 13.3. The van der Waals surface area contributed by atoms with Crippen molar-refractivity contribution in [2.24, 2.45) is 5.92 Å². The lowest BCUT2D eigenvalue weighted by molar-refractivity contribution is -0.114. The lowest BCUT2D eigenvalue weighted by atomic mass is 9.79. The number of aromatic nitrogens is 2. The van der Waals surface area contributed by atoms with Gasteiger partial charge in [-0.25, -0.2) is 13.1 Å². The van der Waals surface area contributed by atoms with E-state index in [1.807, 2.05) is 11.3 Å². The van der Waals surface area contributed by atoms with E-state index in [1.54, 1.807) is 8.99 Å². The molecule has 186 valence electrons. The molecule has 2 aromatic heterocycles. The van der Waals surface area contributed by atoms with Gasteiger partial charge in [0.2, 0.25) is 15.9 Å². The Labute approximate surface area is 205 Å². The van der Waals surface area contributed by atoms with E-state index in [2.05, 4.69) is 29.9 Å². The zero-order chi connectivity index (χ0) is 23.5. The van der Waals surface area contributed by atoms with Crippen molar-refractivity contribution in [1.82, 2.24) is 19.0 Å². The normalized spacial score (nSPS) is 28.4. The van der Waals surface area contributed by atoms with Gasteiger partial charge in [-0.15, -0.1) is 11.3 Å². The predicted molar refractivity (Wildman–Crippen MR) is 130 cm³/mol. The Morgan fingerprint density at radius 2 is 2.12 bits per heavy atom. The number of rotatable bonds is 5. The summed E-state index contributed by atoms with van der Waals surface area (Å²) in [5.74, 6) is 0.755. The number of thiophene rings is 1. The number of aryl methyl sites for hydroxylation is 2. The highest BCUT2D eigenvalue weighted by atomic mass is 32.2. The molecule has 4 aliphatic rings. The number of hydrogen-bond acceptors (Lipinski definition) is 7. The molecular weight excluding hydrogens is 472 g/mol. The Morgan fingerprint density at radius 3 is 2.91 bits per heavy atom. The molecule has 2 fully saturated rings.